The molecule has 0 aliphatic rings. The number of nitrogens with two attached hydrogens (primary N) is 1. The lowest BCUT2D eigenvalue weighted by molar-refractivity contribution is -0.119. The second-order valence-electron chi connectivity index (χ2n) is 7.08. The molecule has 0 aliphatic heterocycles. The van der Waals surface area contributed by atoms with Gasteiger partial charge in [0.05, 0.1) is 36.5 Å². The maximum absolute atomic E-state index is 13.1. The number of pyridine rings is 1. The van der Waals surface area contributed by atoms with Crippen molar-refractivity contribution in [2.45, 2.75) is 13.5 Å². The molecule has 3 rings (SSSR count). The molecule has 0 radical (unpaired) electrons. The van der Waals surface area contributed by atoms with E-state index in [9.17, 15) is 9.59 Å². The summed E-state index contributed by atoms with van der Waals surface area (Å²) in [5, 5.41) is 0.860. The summed E-state index contributed by atoms with van der Waals surface area (Å²) in [4.78, 5) is 31.3. The smallest absolute Gasteiger partial charge is 0.340 e. The topological polar surface area (TPSA) is 94.7 Å². The summed E-state index contributed by atoms with van der Waals surface area (Å²) in [7, 11) is 1.59. The van der Waals surface area contributed by atoms with Gasteiger partial charge in [0.2, 0.25) is 5.91 Å². The van der Waals surface area contributed by atoms with E-state index in [-0.39, 0.29) is 19.7 Å². The van der Waals surface area contributed by atoms with Crippen LogP contribution in [0.4, 0.5) is 0 Å². The van der Waals surface area contributed by atoms with Gasteiger partial charge in [-0.2, -0.15) is 0 Å². The van der Waals surface area contributed by atoms with E-state index in [1.165, 1.54) is 0 Å². The zero-order valence-corrected chi connectivity index (χ0v) is 17.8. The highest BCUT2D eigenvalue weighted by Gasteiger charge is 2.25. The van der Waals surface area contributed by atoms with E-state index < -0.39 is 11.9 Å². The molecular weight excluding hydrogens is 394 g/mol. The molecule has 0 saturated heterocycles. The molecule has 2 aromatic carbocycles. The average molecular weight is 421 g/mol. The fourth-order valence-corrected chi connectivity index (χ4v) is 3.57. The van der Waals surface area contributed by atoms with Gasteiger partial charge in [-0.25, -0.2) is 4.79 Å². The maximum Gasteiger partial charge on any atom is 0.340 e. The van der Waals surface area contributed by atoms with Crippen molar-refractivity contribution in [3.05, 3.63) is 65.9 Å². The summed E-state index contributed by atoms with van der Waals surface area (Å²) in [6.45, 7) is 3.18. The van der Waals surface area contributed by atoms with Gasteiger partial charge in [-0.15, -0.1) is 0 Å². The maximum atomic E-state index is 13.1. The zero-order valence-electron chi connectivity index (χ0n) is 17.8. The van der Waals surface area contributed by atoms with Gasteiger partial charge in [-0.05, 0) is 18.6 Å². The Bertz CT molecular complexity index is 1050. The molecule has 1 amide bonds. The SMILES string of the molecule is CCOC(=O)c1c(CN(CCOC)CC(N)=O)nc2ccccc2c1-c1ccccc1. The first kappa shape index (κ1) is 22.4. The first-order chi connectivity index (χ1) is 15.0. The van der Waals surface area contributed by atoms with Crippen LogP contribution in [0, 0.1) is 0 Å². The predicted octanol–water partition coefficient (Wildman–Crippen LogP) is 3.01. The number of hydrogen-bond acceptors (Lipinski definition) is 6. The lowest BCUT2D eigenvalue weighted by Gasteiger charge is -2.23. The van der Waals surface area contributed by atoms with Gasteiger partial charge in [0.1, 0.15) is 0 Å². The van der Waals surface area contributed by atoms with Gasteiger partial charge in [0.25, 0.3) is 0 Å². The summed E-state index contributed by atoms with van der Waals surface area (Å²) in [5.41, 5.74) is 8.80. The van der Waals surface area contributed by atoms with Crippen LogP contribution in [-0.4, -0.2) is 55.2 Å². The Morgan fingerprint density at radius 3 is 2.45 bits per heavy atom. The van der Waals surface area contributed by atoms with Crippen LogP contribution in [0.1, 0.15) is 23.0 Å². The highest BCUT2D eigenvalue weighted by atomic mass is 16.5. The monoisotopic (exact) mass is 421 g/mol. The van der Waals surface area contributed by atoms with Gasteiger partial charge in [-0.1, -0.05) is 48.5 Å². The molecule has 0 fully saturated rings. The summed E-state index contributed by atoms with van der Waals surface area (Å²) in [5.74, 6) is -0.904. The number of fused-ring (bicyclic) bond motifs is 1. The molecule has 1 aromatic heterocycles. The predicted molar refractivity (Wildman–Crippen MR) is 119 cm³/mol. The van der Waals surface area contributed by atoms with Gasteiger partial charge in [0.15, 0.2) is 0 Å². The fourth-order valence-electron chi connectivity index (χ4n) is 3.57. The van der Waals surface area contributed by atoms with Gasteiger partial charge in [0, 0.05) is 31.1 Å². The molecule has 162 valence electrons. The number of primary amides is 1. The van der Waals surface area contributed by atoms with Crippen LogP contribution in [0.15, 0.2) is 54.6 Å². The first-order valence-corrected chi connectivity index (χ1v) is 10.2. The number of hydrogen-bond donors (Lipinski definition) is 1. The normalized spacial score (nSPS) is 11.1. The number of aromatic nitrogens is 1. The van der Waals surface area contributed by atoms with Gasteiger partial charge in [-0.3, -0.25) is 14.7 Å². The minimum atomic E-state index is -0.460. The third kappa shape index (κ3) is 5.45. The molecule has 0 bridgehead atoms. The summed E-state index contributed by atoms with van der Waals surface area (Å²) in [6.07, 6.45) is 0. The van der Waals surface area contributed by atoms with E-state index in [1.807, 2.05) is 59.5 Å². The largest absolute Gasteiger partial charge is 0.462 e. The van der Waals surface area contributed by atoms with Crippen LogP contribution >= 0.6 is 0 Å². The van der Waals surface area contributed by atoms with E-state index in [0.29, 0.717) is 24.4 Å². The Kier molecular flexibility index (Phi) is 7.70. The molecule has 0 unspecified atom stereocenters. The van der Waals surface area contributed by atoms with Crippen LogP contribution in [0.2, 0.25) is 0 Å². The second kappa shape index (κ2) is 10.7. The van der Waals surface area contributed by atoms with Crippen molar-refractivity contribution in [2.24, 2.45) is 5.73 Å². The van der Waals surface area contributed by atoms with Crippen molar-refractivity contribution in [1.82, 2.24) is 9.88 Å². The molecule has 0 aliphatic carbocycles. The number of methoxy groups -OCH3 is 1. The van der Waals surface area contributed by atoms with E-state index >= 15 is 0 Å². The average Bonchev–Trinajstić information content (AvgIpc) is 2.77. The molecule has 7 nitrogen and oxygen atoms in total. The first-order valence-electron chi connectivity index (χ1n) is 10.2. The Hall–Kier alpha value is -3.29. The highest BCUT2D eigenvalue weighted by molar-refractivity contribution is 6.07. The summed E-state index contributed by atoms with van der Waals surface area (Å²) < 4.78 is 10.6. The Morgan fingerprint density at radius 2 is 1.77 bits per heavy atom. The summed E-state index contributed by atoms with van der Waals surface area (Å²) >= 11 is 0. The Balaban J connectivity index is 2.23. The molecule has 0 spiro atoms. The third-order valence-electron chi connectivity index (χ3n) is 4.87. The Morgan fingerprint density at radius 1 is 1.06 bits per heavy atom. The van der Waals surface area contributed by atoms with Crippen molar-refractivity contribution in [2.75, 3.05) is 33.4 Å². The van der Waals surface area contributed by atoms with Crippen molar-refractivity contribution < 1.29 is 19.1 Å². The van der Waals surface area contributed by atoms with E-state index in [0.717, 1.165) is 22.0 Å². The van der Waals surface area contributed by atoms with Crippen molar-refractivity contribution in [1.29, 1.82) is 0 Å². The number of para-hydroxylation sites is 1. The lowest BCUT2D eigenvalue weighted by atomic mass is 9.94. The van der Waals surface area contributed by atoms with Crippen molar-refractivity contribution in [3.63, 3.8) is 0 Å². The molecule has 0 saturated carbocycles. The van der Waals surface area contributed by atoms with Crippen LogP contribution in [0.5, 0.6) is 0 Å². The zero-order chi connectivity index (χ0) is 22.2. The molecule has 31 heavy (non-hydrogen) atoms. The number of rotatable bonds is 10. The molecular formula is C24H27N3O4. The molecule has 0 atom stereocenters. The molecule has 3 aromatic rings. The van der Waals surface area contributed by atoms with E-state index in [1.54, 1.807) is 14.0 Å². The minimum Gasteiger partial charge on any atom is -0.462 e. The number of benzene rings is 2. The van der Waals surface area contributed by atoms with E-state index in [2.05, 4.69) is 0 Å². The van der Waals surface area contributed by atoms with Gasteiger partial charge >= 0.3 is 5.97 Å². The third-order valence-corrected chi connectivity index (χ3v) is 4.87. The highest BCUT2D eigenvalue weighted by Crippen LogP contribution is 2.34. The molecule has 7 heteroatoms. The quantitative estimate of drug-likeness (QED) is 0.506. The minimum absolute atomic E-state index is 0.0286. The lowest BCUT2D eigenvalue weighted by Crippen LogP contribution is -2.36. The molecule has 1 heterocycles. The fraction of sp³-hybridized carbons (Fsp3) is 0.292. The second-order valence-corrected chi connectivity index (χ2v) is 7.08. The van der Waals surface area contributed by atoms with Crippen LogP contribution in [-0.2, 0) is 20.8 Å². The summed E-state index contributed by atoms with van der Waals surface area (Å²) in [6, 6.07) is 17.4. The van der Waals surface area contributed by atoms with Crippen molar-refractivity contribution >= 4 is 22.8 Å². The van der Waals surface area contributed by atoms with E-state index in [4.69, 9.17) is 20.2 Å². The molecule has 2 N–H and O–H groups in total. The van der Waals surface area contributed by atoms with Gasteiger partial charge < -0.3 is 15.2 Å². The van der Waals surface area contributed by atoms with Crippen LogP contribution in [0.3, 0.4) is 0 Å². The number of ether oxygens (including phenoxy) is 2. The standard InChI is InChI=1S/C24H27N3O4/c1-3-31-24(29)23-20(15-27(13-14-30-2)16-21(25)28)26-19-12-8-7-11-18(19)22(23)17-9-5-4-6-10-17/h4-12H,3,13-16H2,1-2H3,(H2,25,28). The Labute approximate surface area is 181 Å². The van der Waals surface area contributed by atoms with Crippen molar-refractivity contribution in [3.8, 4) is 11.1 Å². The van der Waals surface area contributed by atoms with Crippen LogP contribution in [0.25, 0.3) is 22.0 Å². The number of carbonyl (C=O) groups excluding carboxylic acids is 2. The number of nitrogens with zero attached hydrogens (tertiary/aromatic N) is 2. The number of carbonyl (C=O) groups is 2. The number of amides is 1. The number of esters is 1. The van der Waals surface area contributed by atoms with Crippen LogP contribution < -0.4 is 5.73 Å².